The molecule has 0 amide bonds. The van der Waals surface area contributed by atoms with Crippen LogP contribution in [0.2, 0.25) is 0 Å². The minimum Gasteiger partial charge on any atom is -0.287 e. The van der Waals surface area contributed by atoms with Crippen LogP contribution in [0, 0.1) is 5.95 Å². The number of hydrogen-bond acceptors (Lipinski definition) is 1. The molecule has 0 spiro atoms. The highest BCUT2D eigenvalue weighted by Gasteiger charge is 2.01. The molecular weight excluding hydrogens is 201 g/mol. The number of aromatic nitrogens is 1. The fraction of sp³-hybridized carbons (Fsp3) is 0.167. The summed E-state index contributed by atoms with van der Waals surface area (Å²) in [5, 5.41) is 0. The van der Waals surface area contributed by atoms with Crippen molar-refractivity contribution in [2.45, 2.75) is 0 Å². The molecule has 0 fully saturated rings. The summed E-state index contributed by atoms with van der Waals surface area (Å²) in [6.45, 7) is 0. The molecule has 0 atom stereocenters. The first-order valence-corrected chi connectivity index (χ1v) is 3.43. The Hall–Kier alpha value is -0.640. The number of rotatable bonds is 0. The lowest BCUT2D eigenvalue weighted by Gasteiger charge is -1.98. The fourth-order valence-electron chi connectivity index (χ4n) is 0.582. The van der Waals surface area contributed by atoms with Crippen LogP contribution in [0.1, 0.15) is 0 Å². The molecule has 1 aromatic rings. The lowest BCUT2D eigenvalue weighted by molar-refractivity contribution is 0.509. The first kappa shape index (κ1) is 7.47. The van der Waals surface area contributed by atoms with Gasteiger partial charge in [-0.15, -0.1) is 0 Å². The molecule has 0 bridgehead atoms. The van der Waals surface area contributed by atoms with E-state index in [-0.39, 0.29) is 5.56 Å². The molecule has 1 rings (SSSR count). The molecule has 54 valence electrons. The third-order valence-electron chi connectivity index (χ3n) is 1.19. The standard InChI is InChI=1S/C6H5BrFNO/c1-9-5(10)3-2-4(7)6(9)8/h2-3H,1H3. The smallest absolute Gasteiger partial charge is 0.252 e. The number of halogens is 2. The van der Waals surface area contributed by atoms with Crippen LogP contribution in [-0.2, 0) is 7.05 Å². The topological polar surface area (TPSA) is 22.0 Å². The van der Waals surface area contributed by atoms with E-state index in [9.17, 15) is 9.18 Å². The highest BCUT2D eigenvalue weighted by molar-refractivity contribution is 9.10. The Morgan fingerprint density at radius 1 is 1.60 bits per heavy atom. The van der Waals surface area contributed by atoms with Gasteiger partial charge in [0.2, 0.25) is 5.95 Å². The summed E-state index contributed by atoms with van der Waals surface area (Å²) in [5.41, 5.74) is -0.347. The molecule has 0 saturated heterocycles. The maximum Gasteiger partial charge on any atom is 0.252 e. The summed E-state index contributed by atoms with van der Waals surface area (Å²) in [7, 11) is 1.38. The van der Waals surface area contributed by atoms with Gasteiger partial charge in [-0.05, 0) is 22.0 Å². The van der Waals surface area contributed by atoms with Crippen molar-refractivity contribution in [1.82, 2.24) is 4.57 Å². The molecular formula is C6H5BrFNO. The van der Waals surface area contributed by atoms with Crippen molar-refractivity contribution in [3.8, 4) is 0 Å². The maximum atomic E-state index is 12.7. The van der Waals surface area contributed by atoms with Gasteiger partial charge in [0, 0.05) is 13.1 Å². The van der Waals surface area contributed by atoms with Crippen molar-refractivity contribution in [3.63, 3.8) is 0 Å². The van der Waals surface area contributed by atoms with Crippen LogP contribution < -0.4 is 5.56 Å². The van der Waals surface area contributed by atoms with Crippen molar-refractivity contribution < 1.29 is 4.39 Å². The zero-order valence-corrected chi connectivity index (χ0v) is 6.85. The highest BCUT2D eigenvalue weighted by Crippen LogP contribution is 2.10. The first-order valence-electron chi connectivity index (χ1n) is 2.64. The van der Waals surface area contributed by atoms with Crippen LogP contribution in [0.15, 0.2) is 21.4 Å². The quantitative estimate of drug-likeness (QED) is 0.586. The molecule has 0 aliphatic heterocycles. The third-order valence-corrected chi connectivity index (χ3v) is 1.79. The Morgan fingerprint density at radius 3 is 2.70 bits per heavy atom. The molecule has 0 aliphatic rings. The Morgan fingerprint density at radius 2 is 2.20 bits per heavy atom. The predicted octanol–water partition coefficient (Wildman–Crippen LogP) is 1.29. The second-order valence-corrected chi connectivity index (χ2v) is 2.72. The molecule has 0 aromatic carbocycles. The summed E-state index contributed by atoms with van der Waals surface area (Å²) in [5.74, 6) is -0.549. The van der Waals surface area contributed by atoms with Gasteiger partial charge < -0.3 is 0 Å². The largest absolute Gasteiger partial charge is 0.287 e. The number of hydrogen-bond donors (Lipinski definition) is 0. The van der Waals surface area contributed by atoms with Gasteiger partial charge in [0.1, 0.15) is 0 Å². The van der Waals surface area contributed by atoms with Crippen LogP contribution in [0.3, 0.4) is 0 Å². The SMILES string of the molecule is Cn1c(F)c(Br)ccc1=O. The molecule has 0 saturated carbocycles. The van der Waals surface area contributed by atoms with Crippen LogP contribution in [0.4, 0.5) is 4.39 Å². The van der Waals surface area contributed by atoms with Crippen molar-refractivity contribution in [1.29, 1.82) is 0 Å². The average Bonchev–Trinajstić information content (AvgIpc) is 1.93. The molecule has 4 heteroatoms. The van der Waals surface area contributed by atoms with Gasteiger partial charge >= 0.3 is 0 Å². The molecule has 0 aliphatic carbocycles. The van der Waals surface area contributed by atoms with E-state index in [1.54, 1.807) is 0 Å². The summed E-state index contributed by atoms with van der Waals surface area (Å²) >= 11 is 2.95. The van der Waals surface area contributed by atoms with Gasteiger partial charge in [-0.1, -0.05) is 0 Å². The second-order valence-electron chi connectivity index (χ2n) is 1.87. The summed E-state index contributed by atoms with van der Waals surface area (Å²) < 4.78 is 13.9. The molecule has 10 heavy (non-hydrogen) atoms. The van der Waals surface area contributed by atoms with E-state index >= 15 is 0 Å². The Balaban J connectivity index is 3.49. The summed E-state index contributed by atoms with van der Waals surface area (Å²) in [6, 6.07) is 2.69. The van der Waals surface area contributed by atoms with Gasteiger partial charge in [0.25, 0.3) is 5.56 Å². The molecule has 1 heterocycles. The lowest BCUT2D eigenvalue weighted by Crippen LogP contribution is -2.18. The third kappa shape index (κ3) is 1.11. The van der Waals surface area contributed by atoms with Gasteiger partial charge in [-0.3, -0.25) is 9.36 Å². The molecule has 0 unspecified atom stereocenters. The predicted molar refractivity (Wildman–Crippen MR) is 39.3 cm³/mol. The number of pyridine rings is 1. The van der Waals surface area contributed by atoms with Crippen molar-refractivity contribution in [2.24, 2.45) is 7.05 Å². The monoisotopic (exact) mass is 205 g/mol. The van der Waals surface area contributed by atoms with Crippen molar-refractivity contribution >= 4 is 15.9 Å². The van der Waals surface area contributed by atoms with E-state index in [1.807, 2.05) is 0 Å². The van der Waals surface area contributed by atoms with Gasteiger partial charge in [-0.2, -0.15) is 4.39 Å². The van der Waals surface area contributed by atoms with Crippen molar-refractivity contribution in [2.75, 3.05) is 0 Å². The van der Waals surface area contributed by atoms with Crippen LogP contribution in [-0.4, -0.2) is 4.57 Å². The summed E-state index contributed by atoms with van der Waals surface area (Å²) in [4.78, 5) is 10.7. The van der Waals surface area contributed by atoms with Gasteiger partial charge in [-0.25, -0.2) is 0 Å². The first-order chi connectivity index (χ1) is 4.63. The van der Waals surface area contributed by atoms with Gasteiger partial charge in [0.05, 0.1) is 4.47 Å². The normalized spacial score (nSPS) is 9.90. The Kier molecular flexibility index (Phi) is 1.89. The zero-order valence-electron chi connectivity index (χ0n) is 5.27. The minimum absolute atomic E-state index is 0.301. The molecule has 0 radical (unpaired) electrons. The van der Waals surface area contributed by atoms with E-state index in [0.717, 1.165) is 4.57 Å². The molecule has 1 aromatic heterocycles. The Labute approximate surface area is 65.4 Å². The van der Waals surface area contributed by atoms with Crippen LogP contribution >= 0.6 is 15.9 Å². The fourth-order valence-corrected chi connectivity index (χ4v) is 0.980. The van der Waals surface area contributed by atoms with E-state index in [0.29, 0.717) is 4.47 Å². The lowest BCUT2D eigenvalue weighted by atomic mass is 10.5. The van der Waals surface area contributed by atoms with E-state index in [4.69, 9.17) is 0 Å². The number of nitrogens with zero attached hydrogens (tertiary/aromatic N) is 1. The van der Waals surface area contributed by atoms with Gasteiger partial charge in [0.15, 0.2) is 0 Å². The molecule has 2 nitrogen and oxygen atoms in total. The summed E-state index contributed by atoms with van der Waals surface area (Å²) in [6.07, 6.45) is 0. The minimum atomic E-state index is -0.549. The Bertz CT molecular complexity index is 307. The maximum absolute atomic E-state index is 12.7. The van der Waals surface area contributed by atoms with Crippen molar-refractivity contribution in [3.05, 3.63) is 32.9 Å². The second kappa shape index (κ2) is 2.54. The van der Waals surface area contributed by atoms with Crippen LogP contribution in [0.5, 0.6) is 0 Å². The van der Waals surface area contributed by atoms with E-state index in [2.05, 4.69) is 15.9 Å². The average molecular weight is 206 g/mol. The zero-order chi connectivity index (χ0) is 7.72. The van der Waals surface area contributed by atoms with Crippen LogP contribution in [0.25, 0.3) is 0 Å². The molecule has 0 N–H and O–H groups in total. The van der Waals surface area contributed by atoms with E-state index in [1.165, 1.54) is 19.2 Å². The van der Waals surface area contributed by atoms with E-state index < -0.39 is 5.95 Å². The highest BCUT2D eigenvalue weighted by atomic mass is 79.9.